The van der Waals surface area contributed by atoms with Crippen molar-refractivity contribution in [3.63, 3.8) is 0 Å². The van der Waals surface area contributed by atoms with Gasteiger partial charge in [0.05, 0.1) is 19.3 Å². The second-order valence-corrected chi connectivity index (χ2v) is 8.28. The fraction of sp³-hybridized carbons (Fsp3) is 0.520. The van der Waals surface area contributed by atoms with Gasteiger partial charge in [-0.25, -0.2) is 0 Å². The summed E-state index contributed by atoms with van der Waals surface area (Å²) in [4.78, 5) is 2.38. The van der Waals surface area contributed by atoms with Crippen LogP contribution in [0.4, 0.5) is 0 Å². The van der Waals surface area contributed by atoms with Gasteiger partial charge in [0.15, 0.2) is 11.5 Å². The van der Waals surface area contributed by atoms with Crippen LogP contribution in [0.15, 0.2) is 42.5 Å². The molecule has 0 amide bonds. The van der Waals surface area contributed by atoms with Crippen LogP contribution in [0, 0.1) is 6.92 Å². The van der Waals surface area contributed by atoms with Gasteiger partial charge in [0, 0.05) is 20.2 Å². The first-order chi connectivity index (χ1) is 15.0. The lowest BCUT2D eigenvalue weighted by Gasteiger charge is -2.27. The summed E-state index contributed by atoms with van der Waals surface area (Å²) >= 11 is 0. The van der Waals surface area contributed by atoms with Crippen LogP contribution in [0.1, 0.15) is 30.4 Å². The summed E-state index contributed by atoms with van der Waals surface area (Å²) in [5.41, 5.74) is 1.56. The van der Waals surface area contributed by atoms with E-state index in [1.807, 2.05) is 36.4 Å². The van der Waals surface area contributed by atoms with Gasteiger partial charge in [-0.15, -0.1) is 0 Å². The lowest BCUT2D eigenvalue weighted by atomic mass is 9.96. The highest BCUT2D eigenvalue weighted by Gasteiger charge is 2.31. The topological polar surface area (TPSA) is 60.4 Å². The largest absolute Gasteiger partial charge is 0.493 e. The molecule has 2 aromatic rings. The second kappa shape index (κ2) is 11.4. The van der Waals surface area contributed by atoms with Crippen LogP contribution in [0.25, 0.3) is 0 Å². The average molecular weight is 430 g/mol. The van der Waals surface area contributed by atoms with Gasteiger partial charge in [0.25, 0.3) is 0 Å². The number of aryl methyl sites for hydroxylation is 1. The zero-order valence-electron chi connectivity index (χ0n) is 18.9. The van der Waals surface area contributed by atoms with Gasteiger partial charge in [-0.05, 0) is 62.6 Å². The lowest BCUT2D eigenvalue weighted by molar-refractivity contribution is -0.0168. The highest BCUT2D eigenvalue weighted by Crippen LogP contribution is 2.30. The molecule has 0 unspecified atom stereocenters. The molecule has 1 fully saturated rings. The zero-order valence-corrected chi connectivity index (χ0v) is 18.9. The van der Waals surface area contributed by atoms with Gasteiger partial charge in [0.1, 0.15) is 19.0 Å². The minimum Gasteiger partial charge on any atom is -0.493 e. The summed E-state index contributed by atoms with van der Waals surface area (Å²) in [6.45, 7) is 5.95. The molecule has 31 heavy (non-hydrogen) atoms. The van der Waals surface area contributed by atoms with E-state index in [1.54, 1.807) is 14.2 Å². The van der Waals surface area contributed by atoms with Crippen molar-refractivity contribution in [1.29, 1.82) is 0 Å². The van der Waals surface area contributed by atoms with Crippen molar-refractivity contribution in [2.45, 2.75) is 38.3 Å². The van der Waals surface area contributed by atoms with Crippen molar-refractivity contribution in [3.8, 4) is 17.2 Å². The minimum atomic E-state index is -0.798. The number of nitrogens with zero attached hydrogens (tertiary/aromatic N) is 1. The molecule has 3 rings (SSSR count). The van der Waals surface area contributed by atoms with Gasteiger partial charge < -0.3 is 24.1 Å². The molecule has 1 atom stereocenters. The molecule has 170 valence electrons. The van der Waals surface area contributed by atoms with Crippen LogP contribution in [-0.4, -0.2) is 62.7 Å². The molecule has 1 saturated heterocycles. The normalized spacial score (nSPS) is 19.6. The second-order valence-electron chi connectivity index (χ2n) is 8.28. The van der Waals surface area contributed by atoms with Crippen LogP contribution >= 0.6 is 0 Å². The van der Waals surface area contributed by atoms with E-state index >= 15 is 0 Å². The van der Waals surface area contributed by atoms with E-state index in [9.17, 15) is 5.11 Å². The Morgan fingerprint density at radius 1 is 0.935 bits per heavy atom. The van der Waals surface area contributed by atoms with Gasteiger partial charge >= 0.3 is 0 Å². The molecule has 0 aromatic heterocycles. The quantitative estimate of drug-likeness (QED) is 0.580. The minimum absolute atomic E-state index is 0.323. The maximum Gasteiger partial charge on any atom is 0.161 e. The Balaban J connectivity index is 1.55. The molecule has 0 radical (unpaired) electrons. The van der Waals surface area contributed by atoms with Crippen molar-refractivity contribution in [2.24, 2.45) is 0 Å². The number of rotatable bonds is 10. The summed E-state index contributed by atoms with van der Waals surface area (Å²) in [6, 6.07) is 14.0. The Labute approximate surface area is 185 Å². The van der Waals surface area contributed by atoms with Gasteiger partial charge in [0.2, 0.25) is 0 Å². The Bertz CT molecular complexity index is 810. The first-order valence-corrected chi connectivity index (χ1v) is 10.9. The van der Waals surface area contributed by atoms with Crippen molar-refractivity contribution >= 4 is 0 Å². The number of likely N-dealkylation sites (tertiary alicyclic amines) is 1. The Kier molecular flexibility index (Phi) is 8.58. The number of ether oxygens (including phenoxy) is 4. The van der Waals surface area contributed by atoms with E-state index in [4.69, 9.17) is 18.9 Å². The smallest absolute Gasteiger partial charge is 0.161 e. The maximum atomic E-state index is 11.1. The van der Waals surface area contributed by atoms with E-state index in [0.29, 0.717) is 26.2 Å². The number of hydrogen-bond acceptors (Lipinski definition) is 6. The molecular formula is C25H35NO5. The standard InChI is InChI=1S/C25H35NO5/c1-20-5-8-22(9-6-20)31-19-25(27)11-4-13-26(14-12-25)18-21-7-10-23(29-3)24(17-21)30-16-15-28-2/h5-10,17,27H,4,11-16,18-19H2,1-3H3/t25-/m1/s1. The van der Waals surface area contributed by atoms with Crippen molar-refractivity contribution in [2.75, 3.05) is 47.1 Å². The van der Waals surface area contributed by atoms with Crippen LogP contribution in [0.3, 0.4) is 0 Å². The molecule has 1 aliphatic rings. The average Bonchev–Trinajstić information content (AvgIpc) is 2.95. The maximum absolute atomic E-state index is 11.1. The third kappa shape index (κ3) is 7.13. The first-order valence-electron chi connectivity index (χ1n) is 10.9. The van der Waals surface area contributed by atoms with Crippen LogP contribution in [-0.2, 0) is 11.3 Å². The molecule has 2 aromatic carbocycles. The van der Waals surface area contributed by atoms with E-state index in [-0.39, 0.29) is 0 Å². The highest BCUT2D eigenvalue weighted by atomic mass is 16.5. The Morgan fingerprint density at radius 3 is 2.48 bits per heavy atom. The summed E-state index contributed by atoms with van der Waals surface area (Å²) in [5, 5.41) is 11.1. The van der Waals surface area contributed by atoms with Gasteiger partial charge in [-0.3, -0.25) is 4.90 Å². The third-order valence-corrected chi connectivity index (χ3v) is 5.72. The fourth-order valence-electron chi connectivity index (χ4n) is 3.81. The fourth-order valence-corrected chi connectivity index (χ4v) is 3.81. The molecule has 1 heterocycles. The number of aliphatic hydroxyl groups is 1. The van der Waals surface area contributed by atoms with Gasteiger partial charge in [-0.1, -0.05) is 23.8 Å². The van der Waals surface area contributed by atoms with Crippen molar-refractivity contribution in [1.82, 2.24) is 4.90 Å². The van der Waals surface area contributed by atoms with Crippen LogP contribution in [0.5, 0.6) is 17.2 Å². The molecule has 0 bridgehead atoms. The van der Waals surface area contributed by atoms with Gasteiger partial charge in [-0.2, -0.15) is 0 Å². The van der Waals surface area contributed by atoms with E-state index in [1.165, 1.54) is 5.56 Å². The van der Waals surface area contributed by atoms with Crippen LogP contribution < -0.4 is 14.2 Å². The Hall–Kier alpha value is -2.28. The molecular weight excluding hydrogens is 394 g/mol. The third-order valence-electron chi connectivity index (χ3n) is 5.72. The van der Waals surface area contributed by atoms with Crippen molar-refractivity contribution in [3.05, 3.63) is 53.6 Å². The number of benzene rings is 2. The molecule has 6 nitrogen and oxygen atoms in total. The van der Waals surface area contributed by atoms with E-state index in [2.05, 4.69) is 17.9 Å². The molecule has 0 spiro atoms. The van der Waals surface area contributed by atoms with E-state index in [0.717, 1.165) is 55.3 Å². The molecule has 0 aliphatic carbocycles. The monoisotopic (exact) mass is 429 g/mol. The van der Waals surface area contributed by atoms with Crippen molar-refractivity contribution < 1.29 is 24.1 Å². The van der Waals surface area contributed by atoms with Crippen LogP contribution in [0.2, 0.25) is 0 Å². The molecule has 0 saturated carbocycles. The molecule has 1 N–H and O–H groups in total. The number of hydrogen-bond donors (Lipinski definition) is 1. The SMILES string of the molecule is COCCOc1cc(CN2CCC[C@](O)(COc3ccc(C)cc3)CC2)ccc1OC. The molecule has 6 heteroatoms. The molecule has 1 aliphatic heterocycles. The lowest BCUT2D eigenvalue weighted by Crippen LogP contribution is -2.37. The van der Waals surface area contributed by atoms with E-state index < -0.39 is 5.60 Å². The zero-order chi connectivity index (χ0) is 22.1. The summed E-state index contributed by atoms with van der Waals surface area (Å²) < 4.78 is 22.2. The predicted molar refractivity (Wildman–Crippen MR) is 121 cm³/mol. The predicted octanol–water partition coefficient (Wildman–Crippen LogP) is 3.82. The summed E-state index contributed by atoms with van der Waals surface area (Å²) in [7, 11) is 3.30. The summed E-state index contributed by atoms with van der Waals surface area (Å²) in [6.07, 6.45) is 2.36. The Morgan fingerprint density at radius 2 is 1.74 bits per heavy atom. The first kappa shape index (κ1) is 23.4. The highest BCUT2D eigenvalue weighted by molar-refractivity contribution is 5.43. The summed E-state index contributed by atoms with van der Waals surface area (Å²) in [5.74, 6) is 2.26. The number of methoxy groups -OCH3 is 2.